The molecular weight excluding hydrogens is 224 g/mol. The highest BCUT2D eigenvalue weighted by atomic mass is 16.9. The van der Waals surface area contributed by atoms with Crippen LogP contribution in [0.2, 0.25) is 0 Å². The molecule has 0 bridgehead atoms. The number of hydrogen-bond donors (Lipinski definition) is 0. The fourth-order valence-corrected chi connectivity index (χ4v) is 2.57. The van der Waals surface area contributed by atoms with Gasteiger partial charge < -0.3 is 23.7 Å². The van der Waals surface area contributed by atoms with Crippen LogP contribution in [0.25, 0.3) is 0 Å². The quantitative estimate of drug-likeness (QED) is 0.644. The molecule has 0 saturated carbocycles. The smallest absolute Gasteiger partial charge is 0.231 e. The second kappa shape index (κ2) is 3.23. The van der Waals surface area contributed by atoms with E-state index in [1.165, 1.54) is 0 Å². The summed E-state index contributed by atoms with van der Waals surface area (Å²) in [5, 5.41) is 0. The van der Waals surface area contributed by atoms with Gasteiger partial charge in [0.2, 0.25) is 6.29 Å². The van der Waals surface area contributed by atoms with Gasteiger partial charge in [0, 0.05) is 0 Å². The molecule has 0 unspecified atom stereocenters. The maximum absolute atomic E-state index is 5.86. The summed E-state index contributed by atoms with van der Waals surface area (Å²) in [5.41, 5.74) is 0. The van der Waals surface area contributed by atoms with Crippen LogP contribution in [0.1, 0.15) is 27.7 Å². The normalized spacial score (nSPS) is 46.2. The van der Waals surface area contributed by atoms with E-state index in [1.807, 2.05) is 27.7 Å². The average molecular weight is 242 g/mol. The van der Waals surface area contributed by atoms with E-state index in [9.17, 15) is 0 Å². The largest absolute Gasteiger partial charge is 0.464 e. The van der Waals surface area contributed by atoms with Crippen molar-refractivity contribution in [2.75, 3.05) is 0 Å². The van der Waals surface area contributed by atoms with Gasteiger partial charge in [-0.25, -0.2) is 0 Å². The summed E-state index contributed by atoms with van der Waals surface area (Å²) in [6.45, 7) is 11.3. The summed E-state index contributed by atoms with van der Waals surface area (Å²) in [4.78, 5) is 0. The summed E-state index contributed by atoms with van der Waals surface area (Å²) in [6, 6.07) is 0. The lowest BCUT2D eigenvalue weighted by Crippen LogP contribution is -2.48. The molecule has 4 atom stereocenters. The Balaban J connectivity index is 1.88. The molecule has 0 aromatic rings. The van der Waals surface area contributed by atoms with Crippen molar-refractivity contribution < 1.29 is 23.7 Å². The van der Waals surface area contributed by atoms with Crippen LogP contribution in [0.4, 0.5) is 0 Å². The zero-order valence-corrected chi connectivity index (χ0v) is 10.6. The zero-order chi connectivity index (χ0) is 12.4. The second-order valence-corrected chi connectivity index (χ2v) is 5.57. The van der Waals surface area contributed by atoms with Gasteiger partial charge in [0.25, 0.3) is 0 Å². The molecule has 3 heterocycles. The third-order valence-corrected chi connectivity index (χ3v) is 3.13. The monoisotopic (exact) mass is 242 g/mol. The van der Waals surface area contributed by atoms with Crippen molar-refractivity contribution in [1.82, 2.24) is 0 Å². The minimum absolute atomic E-state index is 0.224. The molecule has 0 aromatic carbocycles. The van der Waals surface area contributed by atoms with Crippen molar-refractivity contribution in [2.24, 2.45) is 0 Å². The Morgan fingerprint density at radius 3 is 2.18 bits per heavy atom. The van der Waals surface area contributed by atoms with Crippen LogP contribution >= 0.6 is 0 Å². The van der Waals surface area contributed by atoms with Gasteiger partial charge in [0.15, 0.2) is 17.7 Å². The molecule has 0 radical (unpaired) electrons. The van der Waals surface area contributed by atoms with Gasteiger partial charge in [0.1, 0.15) is 18.0 Å². The first kappa shape index (κ1) is 11.5. The van der Waals surface area contributed by atoms with Crippen LogP contribution in [0.15, 0.2) is 12.3 Å². The van der Waals surface area contributed by atoms with Crippen LogP contribution in [0.3, 0.4) is 0 Å². The molecular formula is C12H18O5. The van der Waals surface area contributed by atoms with E-state index in [-0.39, 0.29) is 18.3 Å². The number of fused-ring (bicyclic) bond motifs is 3. The van der Waals surface area contributed by atoms with Crippen molar-refractivity contribution in [3.8, 4) is 0 Å². The first-order valence-electron chi connectivity index (χ1n) is 5.84. The van der Waals surface area contributed by atoms with E-state index in [2.05, 4.69) is 6.58 Å². The van der Waals surface area contributed by atoms with Crippen molar-refractivity contribution in [3.05, 3.63) is 12.3 Å². The predicted molar refractivity (Wildman–Crippen MR) is 57.9 cm³/mol. The lowest BCUT2D eigenvalue weighted by Gasteiger charge is -2.32. The summed E-state index contributed by atoms with van der Waals surface area (Å²) in [6.07, 6.45) is -1.25. The van der Waals surface area contributed by atoms with E-state index in [1.54, 1.807) is 0 Å². The molecule has 0 spiro atoms. The third-order valence-electron chi connectivity index (χ3n) is 3.13. The molecule has 3 rings (SSSR count). The van der Waals surface area contributed by atoms with Crippen molar-refractivity contribution in [1.29, 1.82) is 0 Å². The maximum Gasteiger partial charge on any atom is 0.231 e. The fourth-order valence-electron chi connectivity index (χ4n) is 2.57. The Kier molecular flexibility index (Phi) is 2.18. The van der Waals surface area contributed by atoms with E-state index in [0.717, 1.165) is 0 Å². The van der Waals surface area contributed by atoms with Gasteiger partial charge in [-0.3, -0.25) is 0 Å². The van der Waals surface area contributed by atoms with Gasteiger partial charge in [-0.2, -0.15) is 0 Å². The van der Waals surface area contributed by atoms with Crippen molar-refractivity contribution >= 4 is 0 Å². The molecule has 17 heavy (non-hydrogen) atoms. The van der Waals surface area contributed by atoms with E-state index >= 15 is 0 Å². The third kappa shape index (κ3) is 1.78. The lowest BCUT2D eigenvalue weighted by atomic mass is 10.0. The van der Waals surface area contributed by atoms with Crippen molar-refractivity contribution in [2.45, 2.75) is 63.9 Å². The molecule has 0 aliphatic carbocycles. The van der Waals surface area contributed by atoms with E-state index in [0.29, 0.717) is 5.76 Å². The molecule has 5 heteroatoms. The number of ether oxygens (including phenoxy) is 5. The first-order valence-corrected chi connectivity index (χ1v) is 5.84. The SMILES string of the molecule is C=C1O[C@@H]2OC(C)(C)O[C@@H]2[C@H]2OC(C)(C)O[C@@H]12. The number of hydrogen-bond acceptors (Lipinski definition) is 5. The van der Waals surface area contributed by atoms with Crippen LogP contribution < -0.4 is 0 Å². The topological polar surface area (TPSA) is 46.2 Å². The molecule has 96 valence electrons. The summed E-state index contributed by atoms with van der Waals surface area (Å²) < 4.78 is 28.7. The first-order chi connectivity index (χ1) is 7.77. The molecule has 3 fully saturated rings. The average Bonchev–Trinajstić information content (AvgIpc) is 2.62. The van der Waals surface area contributed by atoms with Gasteiger partial charge in [0.05, 0.1) is 0 Å². The fraction of sp³-hybridized carbons (Fsp3) is 0.833. The van der Waals surface area contributed by atoms with Crippen LogP contribution in [0.5, 0.6) is 0 Å². The second-order valence-electron chi connectivity index (χ2n) is 5.57. The molecule has 3 aliphatic heterocycles. The summed E-state index contributed by atoms with van der Waals surface area (Å²) in [7, 11) is 0. The minimum Gasteiger partial charge on any atom is -0.464 e. The van der Waals surface area contributed by atoms with Gasteiger partial charge in [-0.15, -0.1) is 0 Å². The van der Waals surface area contributed by atoms with Gasteiger partial charge in [-0.1, -0.05) is 6.58 Å². The van der Waals surface area contributed by atoms with E-state index in [4.69, 9.17) is 23.7 Å². The highest BCUT2D eigenvalue weighted by molar-refractivity contribution is 5.10. The Morgan fingerprint density at radius 2 is 1.47 bits per heavy atom. The Hall–Kier alpha value is -0.620. The summed E-state index contributed by atoms with van der Waals surface area (Å²) >= 11 is 0. The maximum atomic E-state index is 5.86. The Labute approximate surface area is 101 Å². The van der Waals surface area contributed by atoms with E-state index < -0.39 is 17.9 Å². The highest BCUT2D eigenvalue weighted by Crippen LogP contribution is 2.44. The molecule has 0 N–H and O–H groups in total. The Morgan fingerprint density at radius 1 is 0.882 bits per heavy atom. The summed E-state index contributed by atoms with van der Waals surface area (Å²) in [5.74, 6) is -0.768. The highest BCUT2D eigenvalue weighted by Gasteiger charge is 2.59. The number of rotatable bonds is 0. The molecule has 5 nitrogen and oxygen atoms in total. The predicted octanol–water partition coefficient (Wildman–Crippen LogP) is 1.53. The van der Waals surface area contributed by atoms with Gasteiger partial charge in [-0.05, 0) is 27.7 Å². The van der Waals surface area contributed by atoms with Crippen molar-refractivity contribution in [3.63, 3.8) is 0 Å². The molecule has 3 saturated heterocycles. The van der Waals surface area contributed by atoms with Crippen LogP contribution in [-0.2, 0) is 23.7 Å². The molecule has 0 aromatic heterocycles. The Bertz CT molecular complexity index is 362. The molecule has 3 aliphatic rings. The minimum atomic E-state index is -0.666. The van der Waals surface area contributed by atoms with Gasteiger partial charge >= 0.3 is 0 Å². The zero-order valence-electron chi connectivity index (χ0n) is 10.6. The lowest BCUT2D eigenvalue weighted by molar-refractivity contribution is -0.187. The standard InChI is InChI=1S/C12H18O5/c1-6-7-8(15-11(2,3)14-7)9-10(13-6)17-12(4,5)16-9/h7-10H,1H2,2-5H3/t7-,8-,9+,10+/m0/s1. The molecule has 0 amide bonds. The van der Waals surface area contributed by atoms with Crippen LogP contribution in [0, 0.1) is 0 Å². The van der Waals surface area contributed by atoms with Crippen LogP contribution in [-0.4, -0.2) is 36.2 Å².